The van der Waals surface area contributed by atoms with Gasteiger partial charge in [-0.2, -0.15) is 10.2 Å². The molecule has 1 aromatic heterocycles. The highest BCUT2D eigenvalue weighted by Gasteiger charge is 2.25. The van der Waals surface area contributed by atoms with Gasteiger partial charge >= 0.3 is 5.69 Å². The van der Waals surface area contributed by atoms with Crippen LogP contribution in [0.1, 0.15) is 21.6 Å². The number of carbonyl (C=O) groups is 1. The molecule has 28 heavy (non-hydrogen) atoms. The number of nitro groups is 1. The summed E-state index contributed by atoms with van der Waals surface area (Å²) in [6.07, 6.45) is 2.57. The quantitative estimate of drug-likeness (QED) is 0.339. The Bertz CT molecular complexity index is 1050. The predicted octanol–water partition coefficient (Wildman–Crippen LogP) is 4.02. The van der Waals surface area contributed by atoms with Crippen LogP contribution in [-0.2, 0) is 6.54 Å². The molecule has 0 aliphatic heterocycles. The average molecular weight is 463 g/mol. The first-order valence-electron chi connectivity index (χ1n) is 7.98. The van der Waals surface area contributed by atoms with Crippen molar-refractivity contribution in [3.05, 3.63) is 91.2 Å². The fourth-order valence-corrected chi connectivity index (χ4v) is 2.81. The number of halogens is 2. The van der Waals surface area contributed by atoms with Crippen molar-refractivity contribution in [3.8, 4) is 0 Å². The van der Waals surface area contributed by atoms with Gasteiger partial charge in [-0.05, 0) is 23.8 Å². The maximum Gasteiger partial charge on any atom is 0.320 e. The molecule has 0 bridgehead atoms. The van der Waals surface area contributed by atoms with E-state index in [9.17, 15) is 14.9 Å². The Hall–Kier alpha value is -3.04. The zero-order valence-corrected chi connectivity index (χ0v) is 16.6. The minimum atomic E-state index is -0.787. The van der Waals surface area contributed by atoms with E-state index in [1.54, 1.807) is 24.3 Å². The molecule has 10 heteroatoms. The molecule has 142 valence electrons. The summed E-state index contributed by atoms with van der Waals surface area (Å²) in [5, 5.41) is 19.6. The molecule has 1 N–H and O–H groups in total. The zero-order valence-electron chi connectivity index (χ0n) is 14.3. The number of rotatable bonds is 6. The van der Waals surface area contributed by atoms with Crippen LogP contribution in [-0.4, -0.2) is 26.8 Å². The third-order valence-electron chi connectivity index (χ3n) is 3.69. The molecular weight excluding hydrogens is 450 g/mol. The topological polar surface area (TPSA) is 102 Å². The van der Waals surface area contributed by atoms with E-state index in [1.165, 1.54) is 17.1 Å². The van der Waals surface area contributed by atoms with E-state index in [0.29, 0.717) is 10.6 Å². The molecule has 2 aromatic carbocycles. The summed E-state index contributed by atoms with van der Waals surface area (Å²) in [6, 6.07) is 14.3. The van der Waals surface area contributed by atoms with Gasteiger partial charge in [0.1, 0.15) is 6.20 Å². The lowest BCUT2D eigenvalue weighted by atomic mass is 10.2. The molecule has 0 atom stereocenters. The van der Waals surface area contributed by atoms with E-state index in [1.807, 2.05) is 24.3 Å². The SMILES string of the molecule is O=C(N/N=C/c1ccccc1Cl)c1nn(Cc2ccc(Br)cc2)cc1[N+](=O)[O-]. The molecule has 3 rings (SSSR count). The van der Waals surface area contributed by atoms with Crippen LogP contribution in [0.15, 0.2) is 64.3 Å². The first kappa shape index (κ1) is 19.7. The van der Waals surface area contributed by atoms with Crippen molar-refractivity contribution in [2.45, 2.75) is 6.54 Å². The van der Waals surface area contributed by atoms with Gasteiger partial charge in [0.25, 0.3) is 5.91 Å². The lowest BCUT2D eigenvalue weighted by molar-refractivity contribution is -0.385. The summed E-state index contributed by atoms with van der Waals surface area (Å²) in [5.41, 5.74) is 2.99. The summed E-state index contributed by atoms with van der Waals surface area (Å²) < 4.78 is 2.26. The second-order valence-corrected chi connectivity index (χ2v) is 6.99. The van der Waals surface area contributed by atoms with Gasteiger partial charge in [0.2, 0.25) is 5.69 Å². The van der Waals surface area contributed by atoms with E-state index in [4.69, 9.17) is 11.6 Å². The largest absolute Gasteiger partial charge is 0.320 e. The van der Waals surface area contributed by atoms with E-state index >= 15 is 0 Å². The van der Waals surface area contributed by atoms with Gasteiger partial charge in [0, 0.05) is 15.1 Å². The molecule has 0 unspecified atom stereocenters. The van der Waals surface area contributed by atoms with Gasteiger partial charge in [-0.15, -0.1) is 0 Å². The van der Waals surface area contributed by atoms with Crippen LogP contribution in [0, 0.1) is 10.1 Å². The Kier molecular flexibility index (Phi) is 6.17. The number of carbonyl (C=O) groups excluding carboxylic acids is 1. The normalized spacial score (nSPS) is 10.9. The fraction of sp³-hybridized carbons (Fsp3) is 0.0556. The summed E-state index contributed by atoms with van der Waals surface area (Å²) in [4.78, 5) is 22.9. The van der Waals surface area contributed by atoms with Gasteiger partial charge in [-0.25, -0.2) is 5.43 Å². The third kappa shape index (κ3) is 4.81. The Balaban J connectivity index is 1.77. The molecule has 0 radical (unpaired) electrons. The van der Waals surface area contributed by atoms with Crippen molar-refractivity contribution in [1.29, 1.82) is 0 Å². The standard InChI is InChI=1S/C18H13BrClN5O3/c19-14-7-5-12(6-8-14)10-24-11-16(25(27)28)17(23-24)18(26)22-21-9-13-3-1-2-4-15(13)20/h1-9,11H,10H2,(H,22,26)/b21-9+. The molecule has 8 nitrogen and oxygen atoms in total. The second-order valence-electron chi connectivity index (χ2n) is 5.66. The van der Waals surface area contributed by atoms with Crippen molar-refractivity contribution in [2.75, 3.05) is 0 Å². The maximum atomic E-state index is 12.3. The minimum Gasteiger partial charge on any atom is -0.265 e. The van der Waals surface area contributed by atoms with Crippen molar-refractivity contribution >= 4 is 45.3 Å². The van der Waals surface area contributed by atoms with E-state index in [0.717, 1.165) is 10.0 Å². The van der Waals surface area contributed by atoms with Gasteiger partial charge in [-0.1, -0.05) is 57.9 Å². The first-order valence-corrected chi connectivity index (χ1v) is 9.15. The van der Waals surface area contributed by atoms with Gasteiger partial charge in [0.15, 0.2) is 0 Å². The lowest BCUT2D eigenvalue weighted by Crippen LogP contribution is -2.19. The highest BCUT2D eigenvalue weighted by atomic mass is 79.9. The molecule has 0 aliphatic carbocycles. The molecular formula is C18H13BrClN5O3. The predicted molar refractivity (Wildman–Crippen MR) is 109 cm³/mol. The Labute approximate surface area is 173 Å². The van der Waals surface area contributed by atoms with Crippen molar-refractivity contribution in [2.24, 2.45) is 5.10 Å². The Morgan fingerprint density at radius 3 is 2.68 bits per heavy atom. The number of nitrogens with one attached hydrogen (secondary N) is 1. The number of aromatic nitrogens is 2. The number of hydrazone groups is 1. The molecule has 1 amide bonds. The van der Waals surface area contributed by atoms with Crippen molar-refractivity contribution in [3.63, 3.8) is 0 Å². The lowest BCUT2D eigenvalue weighted by Gasteiger charge is -2.01. The van der Waals surface area contributed by atoms with Crippen molar-refractivity contribution in [1.82, 2.24) is 15.2 Å². The van der Waals surface area contributed by atoms with Crippen LogP contribution in [0.25, 0.3) is 0 Å². The summed E-state index contributed by atoms with van der Waals surface area (Å²) in [5.74, 6) is -0.787. The molecule has 3 aromatic rings. The van der Waals surface area contributed by atoms with Crippen LogP contribution in [0.5, 0.6) is 0 Å². The van der Waals surface area contributed by atoms with E-state index in [2.05, 4.69) is 31.6 Å². The summed E-state index contributed by atoms with van der Waals surface area (Å²) >= 11 is 9.35. The van der Waals surface area contributed by atoms with Gasteiger partial charge < -0.3 is 0 Å². The highest BCUT2D eigenvalue weighted by molar-refractivity contribution is 9.10. The Morgan fingerprint density at radius 2 is 2.00 bits per heavy atom. The smallest absolute Gasteiger partial charge is 0.265 e. The highest BCUT2D eigenvalue weighted by Crippen LogP contribution is 2.18. The van der Waals surface area contributed by atoms with Gasteiger partial charge in [0.05, 0.1) is 17.7 Å². The van der Waals surface area contributed by atoms with E-state index in [-0.39, 0.29) is 12.2 Å². The van der Waals surface area contributed by atoms with Crippen molar-refractivity contribution < 1.29 is 9.72 Å². The molecule has 0 aliphatic rings. The monoisotopic (exact) mass is 461 g/mol. The summed E-state index contributed by atoms with van der Waals surface area (Å²) in [6.45, 7) is 0.282. The molecule has 0 saturated carbocycles. The first-order chi connectivity index (χ1) is 13.4. The number of nitrogens with zero attached hydrogens (tertiary/aromatic N) is 4. The van der Waals surface area contributed by atoms with Crippen LogP contribution in [0.4, 0.5) is 5.69 Å². The molecule has 0 fully saturated rings. The number of hydrogen-bond acceptors (Lipinski definition) is 5. The second kappa shape index (κ2) is 8.77. The van der Waals surface area contributed by atoms with Crippen LogP contribution >= 0.6 is 27.5 Å². The summed E-state index contributed by atoms with van der Waals surface area (Å²) in [7, 11) is 0. The fourth-order valence-electron chi connectivity index (χ4n) is 2.36. The molecule has 0 saturated heterocycles. The van der Waals surface area contributed by atoms with E-state index < -0.39 is 16.5 Å². The van der Waals surface area contributed by atoms with Gasteiger partial charge in [-0.3, -0.25) is 19.6 Å². The van der Waals surface area contributed by atoms with Crippen LogP contribution < -0.4 is 5.43 Å². The average Bonchev–Trinajstić information content (AvgIpc) is 3.09. The Morgan fingerprint density at radius 1 is 1.29 bits per heavy atom. The van der Waals surface area contributed by atoms with Crippen LogP contribution in [0.2, 0.25) is 5.02 Å². The number of benzene rings is 2. The number of hydrogen-bond donors (Lipinski definition) is 1. The third-order valence-corrected chi connectivity index (χ3v) is 4.56. The van der Waals surface area contributed by atoms with Crippen LogP contribution in [0.3, 0.4) is 0 Å². The zero-order chi connectivity index (χ0) is 20.1. The number of amides is 1. The molecule has 1 heterocycles. The maximum absolute atomic E-state index is 12.3. The molecule has 0 spiro atoms. The minimum absolute atomic E-state index is 0.282.